The second-order valence-corrected chi connectivity index (χ2v) is 9.20. The summed E-state index contributed by atoms with van der Waals surface area (Å²) >= 11 is 1.39. The summed E-state index contributed by atoms with van der Waals surface area (Å²) in [5.74, 6) is 0.781. The molecule has 2 fully saturated rings. The van der Waals surface area contributed by atoms with E-state index >= 15 is 0 Å². The van der Waals surface area contributed by atoms with Gasteiger partial charge in [-0.05, 0) is 55.8 Å². The number of nitrogen functional groups attached to an aromatic ring is 1. The first-order chi connectivity index (χ1) is 13.6. The molecule has 4 rings (SSSR count). The van der Waals surface area contributed by atoms with Crippen molar-refractivity contribution in [1.82, 2.24) is 20.8 Å². The average Bonchev–Trinajstić information content (AvgIpc) is 3.36. The van der Waals surface area contributed by atoms with Gasteiger partial charge in [0.05, 0.1) is 12.0 Å². The Morgan fingerprint density at radius 2 is 1.90 bits per heavy atom. The SMILES string of the molecule is Cl.Nc1nnc(C2(NC(=O)Cc3ccc(CC4CCNC4)cc3)CCCCC2)s1. The molecule has 2 heterocycles. The average molecular weight is 436 g/mol. The van der Waals surface area contributed by atoms with Gasteiger partial charge in [-0.15, -0.1) is 22.6 Å². The molecule has 1 aliphatic carbocycles. The number of halogens is 1. The summed E-state index contributed by atoms with van der Waals surface area (Å²) in [7, 11) is 0. The lowest BCUT2D eigenvalue weighted by Gasteiger charge is -2.36. The molecule has 29 heavy (non-hydrogen) atoms. The second kappa shape index (κ2) is 9.87. The highest BCUT2D eigenvalue weighted by Crippen LogP contribution is 2.39. The number of anilines is 1. The Hall–Kier alpha value is -1.70. The second-order valence-electron chi connectivity index (χ2n) is 8.19. The van der Waals surface area contributed by atoms with Crippen LogP contribution in [0, 0.1) is 5.92 Å². The largest absolute Gasteiger partial charge is 0.374 e. The molecule has 1 saturated heterocycles. The highest BCUT2D eigenvalue weighted by molar-refractivity contribution is 7.15. The molecule has 0 spiro atoms. The lowest BCUT2D eigenvalue weighted by molar-refractivity contribution is -0.123. The van der Waals surface area contributed by atoms with Gasteiger partial charge in [0.1, 0.15) is 5.01 Å². The van der Waals surface area contributed by atoms with Gasteiger partial charge < -0.3 is 16.4 Å². The van der Waals surface area contributed by atoms with Crippen molar-refractivity contribution < 1.29 is 4.79 Å². The van der Waals surface area contributed by atoms with Crippen LogP contribution in [-0.2, 0) is 23.2 Å². The number of amides is 1. The van der Waals surface area contributed by atoms with Crippen LogP contribution in [0.1, 0.15) is 54.7 Å². The van der Waals surface area contributed by atoms with Crippen LogP contribution in [0.4, 0.5) is 5.13 Å². The maximum atomic E-state index is 12.8. The lowest BCUT2D eigenvalue weighted by atomic mass is 9.82. The van der Waals surface area contributed by atoms with E-state index in [4.69, 9.17) is 5.73 Å². The van der Waals surface area contributed by atoms with Crippen LogP contribution < -0.4 is 16.4 Å². The predicted octanol–water partition coefficient (Wildman–Crippen LogP) is 3.21. The lowest BCUT2D eigenvalue weighted by Crippen LogP contribution is -2.47. The zero-order chi connectivity index (χ0) is 19.4. The van der Waals surface area contributed by atoms with Gasteiger partial charge in [-0.1, -0.05) is 54.9 Å². The quantitative estimate of drug-likeness (QED) is 0.647. The van der Waals surface area contributed by atoms with Crippen LogP contribution in [0.2, 0.25) is 0 Å². The molecule has 2 aromatic rings. The minimum Gasteiger partial charge on any atom is -0.374 e. The molecule has 6 nitrogen and oxygen atoms in total. The molecule has 2 aliphatic rings. The van der Waals surface area contributed by atoms with Crippen molar-refractivity contribution in [2.75, 3.05) is 18.8 Å². The number of aromatic nitrogens is 2. The van der Waals surface area contributed by atoms with Gasteiger partial charge >= 0.3 is 0 Å². The standard InChI is InChI=1S/C21H29N5OS.ClH/c22-20-26-25-19(28-20)21(9-2-1-3-10-21)24-18(27)13-16-6-4-15(5-7-16)12-17-8-11-23-14-17;/h4-7,17,23H,1-3,8-14H2,(H2,22,26)(H,24,27);1H. The van der Waals surface area contributed by atoms with E-state index in [-0.39, 0.29) is 18.3 Å². The Morgan fingerprint density at radius 3 is 2.52 bits per heavy atom. The van der Waals surface area contributed by atoms with Gasteiger partial charge in [0.15, 0.2) is 0 Å². The van der Waals surface area contributed by atoms with Crippen molar-refractivity contribution in [2.24, 2.45) is 5.92 Å². The molecule has 1 aromatic carbocycles. The van der Waals surface area contributed by atoms with E-state index in [2.05, 4.69) is 45.1 Å². The molecule has 1 atom stereocenters. The molecular formula is C21H30ClN5OS. The van der Waals surface area contributed by atoms with Crippen LogP contribution >= 0.6 is 23.7 Å². The summed E-state index contributed by atoms with van der Waals surface area (Å²) in [6, 6.07) is 8.52. The third-order valence-electron chi connectivity index (χ3n) is 6.01. The Labute approximate surface area is 182 Å². The van der Waals surface area contributed by atoms with Crippen LogP contribution in [0.25, 0.3) is 0 Å². The fourth-order valence-electron chi connectivity index (χ4n) is 4.49. The smallest absolute Gasteiger partial charge is 0.225 e. The maximum absolute atomic E-state index is 12.8. The van der Waals surface area contributed by atoms with E-state index in [0.29, 0.717) is 11.6 Å². The molecule has 1 amide bonds. The summed E-state index contributed by atoms with van der Waals surface area (Å²) < 4.78 is 0. The van der Waals surface area contributed by atoms with Crippen LogP contribution in [0.15, 0.2) is 24.3 Å². The van der Waals surface area contributed by atoms with Crippen LogP contribution in [-0.4, -0.2) is 29.2 Å². The first kappa shape index (κ1) is 22.0. The number of nitrogens with zero attached hydrogens (tertiary/aromatic N) is 2. The third-order valence-corrected chi connectivity index (χ3v) is 6.97. The first-order valence-corrected chi connectivity index (χ1v) is 11.1. The van der Waals surface area contributed by atoms with E-state index in [1.807, 2.05) is 0 Å². The number of benzene rings is 1. The molecule has 1 unspecified atom stereocenters. The molecular weight excluding hydrogens is 406 g/mol. The van der Waals surface area contributed by atoms with E-state index in [0.717, 1.165) is 61.7 Å². The normalized spacial score (nSPS) is 20.8. The highest BCUT2D eigenvalue weighted by Gasteiger charge is 2.38. The number of hydrogen-bond donors (Lipinski definition) is 3. The molecule has 0 bridgehead atoms. The minimum atomic E-state index is -0.403. The van der Waals surface area contributed by atoms with Crippen molar-refractivity contribution in [1.29, 1.82) is 0 Å². The minimum absolute atomic E-state index is 0. The molecule has 158 valence electrons. The van der Waals surface area contributed by atoms with Crippen molar-refractivity contribution in [3.05, 3.63) is 40.4 Å². The van der Waals surface area contributed by atoms with Crippen LogP contribution in [0.3, 0.4) is 0 Å². The number of nitrogens with one attached hydrogen (secondary N) is 2. The predicted molar refractivity (Wildman–Crippen MR) is 119 cm³/mol. The molecule has 0 radical (unpaired) electrons. The van der Waals surface area contributed by atoms with E-state index in [1.165, 1.54) is 29.7 Å². The zero-order valence-corrected chi connectivity index (χ0v) is 18.3. The Morgan fingerprint density at radius 1 is 1.17 bits per heavy atom. The van der Waals surface area contributed by atoms with Crippen molar-refractivity contribution in [2.45, 2.75) is 56.9 Å². The van der Waals surface area contributed by atoms with Crippen molar-refractivity contribution in [3.63, 3.8) is 0 Å². The Kier molecular flexibility index (Phi) is 7.49. The fraction of sp³-hybridized carbons (Fsp3) is 0.571. The van der Waals surface area contributed by atoms with E-state index in [1.54, 1.807) is 0 Å². The van der Waals surface area contributed by atoms with Gasteiger partial charge in [0, 0.05) is 0 Å². The Balaban J connectivity index is 0.00000240. The summed E-state index contributed by atoms with van der Waals surface area (Å²) in [6.45, 7) is 2.24. The van der Waals surface area contributed by atoms with E-state index < -0.39 is 5.54 Å². The first-order valence-electron chi connectivity index (χ1n) is 10.3. The zero-order valence-electron chi connectivity index (χ0n) is 16.7. The fourth-order valence-corrected chi connectivity index (χ4v) is 5.30. The van der Waals surface area contributed by atoms with Gasteiger partial charge in [0.25, 0.3) is 0 Å². The van der Waals surface area contributed by atoms with Gasteiger partial charge in [-0.25, -0.2) is 0 Å². The van der Waals surface area contributed by atoms with Crippen molar-refractivity contribution in [3.8, 4) is 0 Å². The number of rotatable bonds is 6. The van der Waals surface area contributed by atoms with Gasteiger partial charge in [-0.2, -0.15) is 0 Å². The topological polar surface area (TPSA) is 92.9 Å². The maximum Gasteiger partial charge on any atom is 0.225 e. The number of nitrogens with two attached hydrogens (primary N) is 1. The summed E-state index contributed by atoms with van der Waals surface area (Å²) in [6.07, 6.45) is 7.94. The van der Waals surface area contributed by atoms with Gasteiger partial charge in [0.2, 0.25) is 11.0 Å². The van der Waals surface area contributed by atoms with Crippen LogP contribution in [0.5, 0.6) is 0 Å². The molecule has 1 saturated carbocycles. The monoisotopic (exact) mass is 435 g/mol. The molecule has 8 heteroatoms. The summed E-state index contributed by atoms with van der Waals surface area (Å²) in [4.78, 5) is 12.8. The summed E-state index contributed by atoms with van der Waals surface area (Å²) in [5, 5.41) is 16.2. The van der Waals surface area contributed by atoms with Gasteiger partial charge in [-0.3, -0.25) is 4.79 Å². The number of hydrogen-bond acceptors (Lipinski definition) is 6. The summed E-state index contributed by atoms with van der Waals surface area (Å²) in [5.41, 5.74) is 7.80. The number of carbonyl (C=O) groups is 1. The van der Waals surface area contributed by atoms with Crippen molar-refractivity contribution >= 4 is 34.8 Å². The third kappa shape index (κ3) is 5.47. The molecule has 1 aromatic heterocycles. The number of carbonyl (C=O) groups excluding carboxylic acids is 1. The van der Waals surface area contributed by atoms with E-state index in [9.17, 15) is 4.79 Å². The highest BCUT2D eigenvalue weighted by atomic mass is 35.5. The molecule has 1 aliphatic heterocycles. The Bertz CT molecular complexity index is 798. The molecule has 4 N–H and O–H groups in total.